The van der Waals surface area contributed by atoms with Gasteiger partial charge in [-0.05, 0) is 35.4 Å². The summed E-state index contributed by atoms with van der Waals surface area (Å²) in [5.74, 6) is -0.981. The number of hydrogen-bond acceptors (Lipinski definition) is 2. The van der Waals surface area contributed by atoms with Crippen LogP contribution in [0.15, 0.2) is 59.3 Å². The molecule has 2 aromatic carbocycles. The van der Waals surface area contributed by atoms with Gasteiger partial charge >= 0.3 is 5.97 Å². The first kappa shape index (κ1) is 11.8. The Hall–Kier alpha value is -3.01. The maximum absolute atomic E-state index is 11.2. The minimum atomic E-state index is -0.981. The number of aromatic amines is 1. The zero-order valence-corrected chi connectivity index (χ0v) is 11.0. The van der Waals surface area contributed by atoms with E-state index >= 15 is 0 Å². The van der Waals surface area contributed by atoms with E-state index in [0.29, 0.717) is 11.0 Å². The van der Waals surface area contributed by atoms with E-state index in [4.69, 9.17) is 4.42 Å². The van der Waals surface area contributed by atoms with Crippen molar-refractivity contribution in [2.45, 2.75) is 0 Å². The van der Waals surface area contributed by atoms with Crippen LogP contribution in [0.25, 0.3) is 33.0 Å². The maximum Gasteiger partial charge on any atom is 0.339 e. The normalized spacial score (nSPS) is 11.2. The van der Waals surface area contributed by atoms with Crippen molar-refractivity contribution in [1.82, 2.24) is 4.98 Å². The first-order valence-corrected chi connectivity index (χ1v) is 6.55. The topological polar surface area (TPSA) is 66.2 Å². The lowest BCUT2D eigenvalue weighted by Gasteiger charge is -2.04. The highest BCUT2D eigenvalue weighted by atomic mass is 16.4. The first-order chi connectivity index (χ1) is 10.2. The molecule has 0 aliphatic rings. The molecule has 0 spiro atoms. The Morgan fingerprint density at radius 2 is 2.00 bits per heavy atom. The average Bonchev–Trinajstić information content (AvgIpc) is 3.12. The number of aromatic nitrogens is 1. The molecule has 0 fully saturated rings. The Morgan fingerprint density at radius 3 is 2.86 bits per heavy atom. The SMILES string of the molecule is O=C(O)c1coc2ccc(-c3cccc4[nH]ccc34)cc12. The molecule has 0 atom stereocenters. The van der Waals surface area contributed by atoms with Crippen LogP contribution in [0.1, 0.15) is 10.4 Å². The van der Waals surface area contributed by atoms with Gasteiger partial charge in [-0.25, -0.2) is 4.79 Å². The van der Waals surface area contributed by atoms with Crippen LogP contribution >= 0.6 is 0 Å². The lowest BCUT2D eigenvalue weighted by Crippen LogP contribution is -1.93. The van der Waals surface area contributed by atoms with Crippen LogP contribution in [0.2, 0.25) is 0 Å². The number of nitrogens with one attached hydrogen (secondary N) is 1. The summed E-state index contributed by atoms with van der Waals surface area (Å²) in [4.78, 5) is 14.4. The molecular formula is C17H11NO3. The molecule has 0 bridgehead atoms. The molecule has 0 radical (unpaired) electrons. The molecule has 4 heteroatoms. The number of rotatable bonds is 2. The number of hydrogen-bond donors (Lipinski definition) is 2. The fraction of sp³-hybridized carbons (Fsp3) is 0. The first-order valence-electron chi connectivity index (χ1n) is 6.55. The Balaban J connectivity index is 2.00. The fourth-order valence-electron chi connectivity index (χ4n) is 2.70. The van der Waals surface area contributed by atoms with Gasteiger partial charge in [-0.2, -0.15) is 0 Å². The van der Waals surface area contributed by atoms with Gasteiger partial charge in [0.1, 0.15) is 17.4 Å². The predicted octanol–water partition coefficient (Wildman–Crippen LogP) is 4.28. The minimum Gasteiger partial charge on any atom is -0.478 e. The van der Waals surface area contributed by atoms with Gasteiger partial charge in [0.2, 0.25) is 0 Å². The van der Waals surface area contributed by atoms with Gasteiger partial charge < -0.3 is 14.5 Å². The summed E-state index contributed by atoms with van der Waals surface area (Å²) in [7, 11) is 0. The smallest absolute Gasteiger partial charge is 0.339 e. The number of fused-ring (bicyclic) bond motifs is 2. The summed E-state index contributed by atoms with van der Waals surface area (Å²) in [6, 6.07) is 13.6. The van der Waals surface area contributed by atoms with Crippen LogP contribution in [0.3, 0.4) is 0 Å². The number of aromatic carboxylic acids is 1. The van der Waals surface area contributed by atoms with E-state index in [1.54, 1.807) is 0 Å². The van der Waals surface area contributed by atoms with E-state index < -0.39 is 5.97 Å². The molecule has 0 saturated carbocycles. The van der Waals surface area contributed by atoms with Crippen LogP contribution in [0.5, 0.6) is 0 Å². The van der Waals surface area contributed by atoms with Crippen molar-refractivity contribution in [3.8, 4) is 11.1 Å². The van der Waals surface area contributed by atoms with E-state index in [9.17, 15) is 9.90 Å². The third kappa shape index (κ3) is 1.73. The summed E-state index contributed by atoms with van der Waals surface area (Å²) < 4.78 is 5.29. The van der Waals surface area contributed by atoms with Crippen molar-refractivity contribution in [2.75, 3.05) is 0 Å². The molecule has 4 rings (SSSR count). The number of H-pyrrole nitrogens is 1. The Kier molecular flexibility index (Phi) is 2.38. The van der Waals surface area contributed by atoms with Crippen LogP contribution in [0, 0.1) is 0 Å². The van der Waals surface area contributed by atoms with E-state index in [1.807, 2.05) is 48.7 Å². The van der Waals surface area contributed by atoms with Crippen molar-refractivity contribution >= 4 is 27.8 Å². The van der Waals surface area contributed by atoms with Gasteiger partial charge in [0, 0.05) is 22.5 Å². The van der Waals surface area contributed by atoms with Crippen LogP contribution in [-0.4, -0.2) is 16.1 Å². The second-order valence-electron chi connectivity index (χ2n) is 4.91. The fourth-order valence-corrected chi connectivity index (χ4v) is 2.70. The second-order valence-corrected chi connectivity index (χ2v) is 4.91. The summed E-state index contributed by atoms with van der Waals surface area (Å²) in [5.41, 5.74) is 3.86. The number of carbonyl (C=O) groups is 1. The van der Waals surface area contributed by atoms with Crippen molar-refractivity contribution in [1.29, 1.82) is 0 Å². The zero-order chi connectivity index (χ0) is 14.4. The molecule has 0 aliphatic heterocycles. The largest absolute Gasteiger partial charge is 0.478 e. The van der Waals surface area contributed by atoms with E-state index in [0.717, 1.165) is 22.0 Å². The molecule has 21 heavy (non-hydrogen) atoms. The molecule has 2 heterocycles. The van der Waals surface area contributed by atoms with Crippen LogP contribution < -0.4 is 0 Å². The number of benzene rings is 2. The lowest BCUT2D eigenvalue weighted by molar-refractivity contribution is 0.0698. The van der Waals surface area contributed by atoms with Crippen molar-refractivity contribution in [3.63, 3.8) is 0 Å². The maximum atomic E-state index is 11.2. The van der Waals surface area contributed by atoms with Gasteiger partial charge in [0.25, 0.3) is 0 Å². The predicted molar refractivity (Wildman–Crippen MR) is 80.5 cm³/mol. The lowest BCUT2D eigenvalue weighted by atomic mass is 9.99. The number of carboxylic acid groups (broad SMARTS) is 1. The Morgan fingerprint density at radius 1 is 1.10 bits per heavy atom. The van der Waals surface area contributed by atoms with Crippen molar-refractivity contribution in [2.24, 2.45) is 0 Å². The summed E-state index contributed by atoms with van der Waals surface area (Å²) >= 11 is 0. The Bertz CT molecular complexity index is 978. The number of furan rings is 1. The van der Waals surface area contributed by atoms with Gasteiger partial charge in [0.15, 0.2) is 0 Å². The Labute approximate surface area is 119 Å². The number of carboxylic acids is 1. The third-order valence-corrected chi connectivity index (χ3v) is 3.71. The summed E-state index contributed by atoms with van der Waals surface area (Å²) in [5, 5.41) is 10.9. The van der Waals surface area contributed by atoms with Crippen LogP contribution in [-0.2, 0) is 0 Å². The molecule has 102 valence electrons. The molecule has 4 nitrogen and oxygen atoms in total. The summed E-state index contributed by atoms with van der Waals surface area (Å²) in [6.45, 7) is 0. The summed E-state index contributed by atoms with van der Waals surface area (Å²) in [6.07, 6.45) is 3.18. The van der Waals surface area contributed by atoms with E-state index in [-0.39, 0.29) is 5.56 Å². The molecule has 0 saturated heterocycles. The standard InChI is InChI=1S/C17H11NO3/c19-17(20)14-9-21-16-5-4-10(8-13(14)16)11-2-1-3-15-12(11)6-7-18-15/h1-9,18H,(H,19,20). The molecule has 0 unspecified atom stereocenters. The molecular weight excluding hydrogens is 266 g/mol. The molecule has 4 aromatic rings. The second kappa shape index (κ2) is 4.24. The van der Waals surface area contributed by atoms with Gasteiger partial charge in [0.05, 0.1) is 0 Å². The van der Waals surface area contributed by atoms with Crippen LogP contribution in [0.4, 0.5) is 0 Å². The monoisotopic (exact) mass is 277 g/mol. The van der Waals surface area contributed by atoms with E-state index in [1.165, 1.54) is 6.26 Å². The quantitative estimate of drug-likeness (QED) is 0.574. The molecule has 2 aromatic heterocycles. The van der Waals surface area contributed by atoms with Gasteiger partial charge in [-0.15, -0.1) is 0 Å². The third-order valence-electron chi connectivity index (χ3n) is 3.71. The van der Waals surface area contributed by atoms with Gasteiger partial charge in [-0.3, -0.25) is 0 Å². The molecule has 2 N–H and O–H groups in total. The average molecular weight is 277 g/mol. The highest BCUT2D eigenvalue weighted by Crippen LogP contribution is 2.32. The van der Waals surface area contributed by atoms with Crippen molar-refractivity contribution < 1.29 is 14.3 Å². The highest BCUT2D eigenvalue weighted by molar-refractivity contribution is 6.04. The van der Waals surface area contributed by atoms with Gasteiger partial charge in [-0.1, -0.05) is 18.2 Å². The molecule has 0 amide bonds. The highest BCUT2D eigenvalue weighted by Gasteiger charge is 2.14. The minimum absolute atomic E-state index is 0.188. The van der Waals surface area contributed by atoms with E-state index in [2.05, 4.69) is 4.98 Å². The van der Waals surface area contributed by atoms with Crippen molar-refractivity contribution in [3.05, 3.63) is 60.5 Å². The zero-order valence-electron chi connectivity index (χ0n) is 11.0. The molecule has 0 aliphatic carbocycles.